The van der Waals surface area contributed by atoms with E-state index in [9.17, 15) is 9.59 Å². The molecule has 82 valence electrons. The number of allylic oxidation sites excluding steroid dienone is 2. The maximum absolute atomic E-state index is 11.3. The van der Waals surface area contributed by atoms with E-state index in [0.717, 1.165) is 24.1 Å². The first-order chi connectivity index (χ1) is 7.75. The van der Waals surface area contributed by atoms with Crippen LogP contribution in [0.25, 0.3) is 0 Å². The van der Waals surface area contributed by atoms with Crippen LogP contribution < -0.4 is 10.6 Å². The summed E-state index contributed by atoms with van der Waals surface area (Å²) in [5, 5.41) is 5.38. The second-order valence-corrected chi connectivity index (χ2v) is 4.15. The first kappa shape index (κ1) is 9.33. The summed E-state index contributed by atoms with van der Waals surface area (Å²) in [7, 11) is 0. The summed E-state index contributed by atoms with van der Waals surface area (Å²) in [5.74, 6) is -0.808. The number of rotatable bonds is 0. The molecule has 2 unspecified atom stereocenters. The lowest BCUT2D eigenvalue weighted by atomic mass is 9.82. The van der Waals surface area contributed by atoms with E-state index >= 15 is 0 Å². The van der Waals surface area contributed by atoms with Gasteiger partial charge in [-0.2, -0.15) is 0 Å². The maximum Gasteiger partial charge on any atom is 0.313 e. The largest absolute Gasteiger partial charge is 0.340 e. The lowest BCUT2D eigenvalue weighted by molar-refractivity contribution is -0.140. The molecule has 0 spiro atoms. The maximum atomic E-state index is 11.3. The topological polar surface area (TPSA) is 70.6 Å². The van der Waals surface area contributed by atoms with E-state index in [0.29, 0.717) is 5.92 Å². The second kappa shape index (κ2) is 3.30. The highest BCUT2D eigenvalue weighted by atomic mass is 16.2. The zero-order valence-electron chi connectivity index (χ0n) is 8.56. The summed E-state index contributed by atoms with van der Waals surface area (Å²) >= 11 is 0. The minimum absolute atomic E-state index is 0.0607. The molecule has 5 heteroatoms. The molecule has 0 bridgehead atoms. The van der Waals surface area contributed by atoms with Gasteiger partial charge in [0.15, 0.2) is 0 Å². The molecule has 2 aliphatic heterocycles. The molecule has 0 aromatic rings. The van der Waals surface area contributed by atoms with Gasteiger partial charge in [-0.3, -0.25) is 14.6 Å². The van der Waals surface area contributed by atoms with Gasteiger partial charge in [-0.05, 0) is 18.4 Å². The van der Waals surface area contributed by atoms with Crippen molar-refractivity contribution in [2.75, 3.05) is 0 Å². The van der Waals surface area contributed by atoms with Crippen LogP contribution in [0.1, 0.15) is 12.8 Å². The molecular formula is C11H11N3O2. The Morgan fingerprint density at radius 1 is 1.25 bits per heavy atom. The van der Waals surface area contributed by atoms with Gasteiger partial charge in [-0.15, -0.1) is 0 Å². The van der Waals surface area contributed by atoms with Crippen molar-refractivity contribution in [3.63, 3.8) is 0 Å². The van der Waals surface area contributed by atoms with Gasteiger partial charge >= 0.3 is 11.8 Å². The molecule has 0 saturated carbocycles. The monoisotopic (exact) mass is 217 g/mol. The molecule has 2 heterocycles. The average Bonchev–Trinajstić information content (AvgIpc) is 2.31. The molecule has 0 aromatic heterocycles. The number of nitrogens with one attached hydrogen (secondary N) is 2. The standard InChI is InChI=1S/C11H11N3O2/c15-10-11(16)14-9-7-5-12-4-3-6(7)1-2-8(9)13-10/h3-6,8H,1-2H2,(H,13,15)(H,14,16). The predicted octanol–water partition coefficient (Wildman–Crippen LogP) is -0.137. The molecule has 2 N–H and O–H groups in total. The number of hydrogen-bond donors (Lipinski definition) is 2. The molecule has 3 aliphatic rings. The highest BCUT2D eigenvalue weighted by Gasteiger charge is 2.36. The summed E-state index contributed by atoms with van der Waals surface area (Å²) in [5.41, 5.74) is 1.83. The summed E-state index contributed by atoms with van der Waals surface area (Å²) < 4.78 is 0. The normalized spacial score (nSPS) is 31.8. The van der Waals surface area contributed by atoms with E-state index in [4.69, 9.17) is 0 Å². The number of carbonyl (C=O) groups excluding carboxylic acids is 2. The van der Waals surface area contributed by atoms with Crippen LogP contribution in [0, 0.1) is 5.92 Å². The Morgan fingerprint density at radius 2 is 2.12 bits per heavy atom. The third-order valence-electron chi connectivity index (χ3n) is 3.20. The van der Waals surface area contributed by atoms with Crippen molar-refractivity contribution < 1.29 is 9.59 Å². The van der Waals surface area contributed by atoms with E-state index in [-0.39, 0.29) is 6.04 Å². The summed E-state index contributed by atoms with van der Waals surface area (Å²) in [6, 6.07) is -0.0607. The van der Waals surface area contributed by atoms with E-state index in [1.165, 1.54) is 0 Å². The van der Waals surface area contributed by atoms with Crippen molar-refractivity contribution in [2.45, 2.75) is 18.9 Å². The third kappa shape index (κ3) is 1.28. The molecule has 16 heavy (non-hydrogen) atoms. The van der Waals surface area contributed by atoms with Crippen molar-refractivity contribution in [3.05, 3.63) is 23.5 Å². The number of nitrogens with zero attached hydrogens (tertiary/aromatic N) is 1. The molecule has 1 fully saturated rings. The Labute approximate surface area is 92.3 Å². The quantitative estimate of drug-likeness (QED) is 0.554. The third-order valence-corrected chi connectivity index (χ3v) is 3.20. The van der Waals surface area contributed by atoms with E-state index < -0.39 is 11.8 Å². The van der Waals surface area contributed by atoms with Gasteiger partial charge in [0.25, 0.3) is 0 Å². The fourth-order valence-corrected chi connectivity index (χ4v) is 2.40. The molecule has 1 aliphatic carbocycles. The summed E-state index contributed by atoms with van der Waals surface area (Å²) in [6.07, 6.45) is 7.40. The fourth-order valence-electron chi connectivity index (χ4n) is 2.40. The Bertz CT molecular complexity index is 462. The van der Waals surface area contributed by atoms with Gasteiger partial charge in [-0.25, -0.2) is 0 Å². The Balaban J connectivity index is 2.02. The van der Waals surface area contributed by atoms with Crippen LogP contribution >= 0.6 is 0 Å². The SMILES string of the molecule is O=C1NC2=C3C=NC=CC3CCC2NC1=O. The Kier molecular flexibility index (Phi) is 1.92. The summed E-state index contributed by atoms with van der Waals surface area (Å²) in [6.45, 7) is 0. The molecule has 2 amide bonds. The van der Waals surface area contributed by atoms with Gasteiger partial charge in [0.1, 0.15) is 0 Å². The van der Waals surface area contributed by atoms with Crippen LogP contribution in [-0.4, -0.2) is 24.1 Å². The molecule has 5 nitrogen and oxygen atoms in total. The van der Waals surface area contributed by atoms with Gasteiger partial charge < -0.3 is 10.6 Å². The lowest BCUT2D eigenvalue weighted by Crippen LogP contribution is -2.56. The van der Waals surface area contributed by atoms with E-state index in [1.807, 2.05) is 6.08 Å². The van der Waals surface area contributed by atoms with E-state index in [2.05, 4.69) is 15.6 Å². The lowest BCUT2D eigenvalue weighted by Gasteiger charge is -2.35. The number of carbonyl (C=O) groups is 2. The summed E-state index contributed by atoms with van der Waals surface area (Å²) in [4.78, 5) is 26.6. The van der Waals surface area contributed by atoms with Crippen LogP contribution in [0.15, 0.2) is 28.5 Å². The number of amides is 2. The average molecular weight is 217 g/mol. The Morgan fingerprint density at radius 3 is 3.00 bits per heavy atom. The molecule has 0 radical (unpaired) electrons. The molecule has 0 aromatic carbocycles. The van der Waals surface area contributed by atoms with Crippen LogP contribution in [-0.2, 0) is 9.59 Å². The smallest absolute Gasteiger partial charge is 0.313 e. The first-order valence-electron chi connectivity index (χ1n) is 5.31. The molecular weight excluding hydrogens is 206 g/mol. The highest BCUT2D eigenvalue weighted by Crippen LogP contribution is 2.31. The molecule has 3 rings (SSSR count). The fraction of sp³-hybridized carbons (Fsp3) is 0.364. The molecule has 1 saturated heterocycles. The number of piperazine rings is 1. The van der Waals surface area contributed by atoms with Gasteiger partial charge in [0.05, 0.1) is 6.04 Å². The second-order valence-electron chi connectivity index (χ2n) is 4.15. The zero-order chi connectivity index (χ0) is 11.1. The van der Waals surface area contributed by atoms with Crippen molar-refractivity contribution >= 4 is 18.0 Å². The molecule has 2 atom stereocenters. The predicted molar refractivity (Wildman–Crippen MR) is 57.5 cm³/mol. The van der Waals surface area contributed by atoms with Gasteiger partial charge in [-0.1, -0.05) is 6.08 Å². The van der Waals surface area contributed by atoms with Crippen molar-refractivity contribution in [1.29, 1.82) is 0 Å². The first-order valence-corrected chi connectivity index (χ1v) is 5.31. The number of aliphatic imine (C=N–C) groups is 1. The van der Waals surface area contributed by atoms with Gasteiger partial charge in [0.2, 0.25) is 0 Å². The van der Waals surface area contributed by atoms with Crippen molar-refractivity contribution in [2.24, 2.45) is 10.9 Å². The Hall–Kier alpha value is -1.91. The zero-order valence-corrected chi connectivity index (χ0v) is 8.56. The highest BCUT2D eigenvalue weighted by molar-refractivity contribution is 6.36. The van der Waals surface area contributed by atoms with Crippen LogP contribution in [0.4, 0.5) is 0 Å². The van der Waals surface area contributed by atoms with Crippen LogP contribution in [0.5, 0.6) is 0 Å². The van der Waals surface area contributed by atoms with E-state index in [1.54, 1.807) is 12.4 Å². The number of hydrogen-bond acceptors (Lipinski definition) is 3. The number of fused-ring (bicyclic) bond motifs is 2. The van der Waals surface area contributed by atoms with Crippen molar-refractivity contribution in [3.8, 4) is 0 Å². The van der Waals surface area contributed by atoms with Crippen LogP contribution in [0.3, 0.4) is 0 Å². The minimum Gasteiger partial charge on any atom is -0.340 e. The van der Waals surface area contributed by atoms with Crippen molar-refractivity contribution in [1.82, 2.24) is 10.6 Å². The van der Waals surface area contributed by atoms with Crippen LogP contribution in [0.2, 0.25) is 0 Å². The van der Waals surface area contributed by atoms with Gasteiger partial charge in [0, 0.05) is 24.0 Å². The minimum atomic E-state index is -0.581.